The highest BCUT2D eigenvalue weighted by molar-refractivity contribution is 5.77. The van der Waals surface area contributed by atoms with Gasteiger partial charge in [0.15, 0.2) is 0 Å². The molecule has 122 valence electrons. The number of halogens is 2. The number of nitrogens with one attached hydrogen (secondary N) is 2. The van der Waals surface area contributed by atoms with Crippen molar-refractivity contribution >= 4 is 5.91 Å². The van der Waals surface area contributed by atoms with Gasteiger partial charge < -0.3 is 10.6 Å². The zero-order valence-electron chi connectivity index (χ0n) is 13.2. The van der Waals surface area contributed by atoms with Crippen molar-refractivity contribution in [3.63, 3.8) is 0 Å². The third-order valence-electron chi connectivity index (χ3n) is 4.16. The molecule has 0 saturated heterocycles. The molecule has 6 heteroatoms. The second-order valence-electron chi connectivity index (χ2n) is 6.44. The number of carbonyl (C=O) groups excluding carboxylic acids is 1. The van der Waals surface area contributed by atoms with Crippen LogP contribution in [-0.4, -0.2) is 29.5 Å². The molecule has 0 unspecified atom stereocenters. The van der Waals surface area contributed by atoms with Crippen LogP contribution in [0.15, 0.2) is 18.3 Å². The topological polar surface area (TPSA) is 54.0 Å². The summed E-state index contributed by atoms with van der Waals surface area (Å²) >= 11 is 0. The number of carbonyl (C=O) groups is 1. The first-order valence-corrected chi connectivity index (χ1v) is 7.53. The Hall–Kier alpha value is -1.56. The second-order valence-corrected chi connectivity index (χ2v) is 6.44. The standard InChI is InChI=1S/C16H23F2N3O/c1-15(8-12(9-15)19-3)21-14(22)7-5-11-4-6-13(20-10-11)16(2,17)18/h4,6,10,12,19H,5,7-9H2,1-3H3,(H,21,22). The lowest BCUT2D eigenvalue weighted by molar-refractivity contribution is -0.124. The van der Waals surface area contributed by atoms with Gasteiger partial charge in [0.2, 0.25) is 5.91 Å². The molecule has 1 aromatic heterocycles. The molecule has 1 aliphatic carbocycles. The summed E-state index contributed by atoms with van der Waals surface area (Å²) in [6.07, 6.45) is 4.11. The maximum Gasteiger partial charge on any atom is 0.286 e. The number of pyridine rings is 1. The number of rotatable bonds is 6. The van der Waals surface area contributed by atoms with Gasteiger partial charge in [-0.05, 0) is 44.9 Å². The van der Waals surface area contributed by atoms with Crippen LogP contribution in [0.2, 0.25) is 0 Å². The van der Waals surface area contributed by atoms with E-state index in [-0.39, 0.29) is 17.1 Å². The zero-order chi connectivity index (χ0) is 16.4. The van der Waals surface area contributed by atoms with Crippen LogP contribution < -0.4 is 10.6 Å². The predicted molar refractivity (Wildman–Crippen MR) is 80.8 cm³/mol. The van der Waals surface area contributed by atoms with E-state index in [1.807, 2.05) is 14.0 Å². The van der Waals surface area contributed by atoms with Gasteiger partial charge in [-0.25, -0.2) is 0 Å². The molecule has 0 aliphatic heterocycles. The van der Waals surface area contributed by atoms with Crippen LogP contribution in [0.3, 0.4) is 0 Å². The van der Waals surface area contributed by atoms with Crippen molar-refractivity contribution in [3.8, 4) is 0 Å². The molecule has 0 aromatic carbocycles. The van der Waals surface area contributed by atoms with Crippen molar-refractivity contribution in [1.82, 2.24) is 15.6 Å². The summed E-state index contributed by atoms with van der Waals surface area (Å²) in [6, 6.07) is 3.39. The monoisotopic (exact) mass is 311 g/mol. The van der Waals surface area contributed by atoms with Crippen molar-refractivity contribution in [3.05, 3.63) is 29.6 Å². The average Bonchev–Trinajstić information content (AvgIpc) is 2.41. The van der Waals surface area contributed by atoms with Gasteiger partial charge in [-0.2, -0.15) is 8.78 Å². The molecule has 1 aromatic rings. The number of alkyl halides is 2. The molecule has 4 nitrogen and oxygen atoms in total. The molecule has 0 radical (unpaired) electrons. The van der Waals surface area contributed by atoms with Crippen LogP contribution in [0, 0.1) is 0 Å². The minimum Gasteiger partial charge on any atom is -0.351 e. The fraction of sp³-hybridized carbons (Fsp3) is 0.625. The molecule has 1 heterocycles. The van der Waals surface area contributed by atoms with E-state index in [4.69, 9.17) is 0 Å². The van der Waals surface area contributed by atoms with E-state index >= 15 is 0 Å². The van der Waals surface area contributed by atoms with Gasteiger partial charge in [0, 0.05) is 31.1 Å². The maximum absolute atomic E-state index is 13.1. The third kappa shape index (κ3) is 4.22. The summed E-state index contributed by atoms with van der Waals surface area (Å²) in [7, 11) is 1.92. The van der Waals surface area contributed by atoms with Crippen molar-refractivity contribution in [2.24, 2.45) is 0 Å². The zero-order valence-corrected chi connectivity index (χ0v) is 13.2. The molecule has 2 N–H and O–H groups in total. The van der Waals surface area contributed by atoms with Gasteiger partial charge in [-0.1, -0.05) is 6.07 Å². The highest BCUT2D eigenvalue weighted by atomic mass is 19.3. The fourth-order valence-corrected chi connectivity index (χ4v) is 2.82. The number of nitrogens with zero attached hydrogens (tertiary/aromatic N) is 1. The lowest BCUT2D eigenvalue weighted by atomic mass is 9.74. The summed E-state index contributed by atoms with van der Waals surface area (Å²) in [6.45, 7) is 2.86. The average molecular weight is 311 g/mol. The van der Waals surface area contributed by atoms with Gasteiger partial charge in [-0.15, -0.1) is 0 Å². The highest BCUT2D eigenvalue weighted by Gasteiger charge is 2.40. The van der Waals surface area contributed by atoms with E-state index in [9.17, 15) is 13.6 Å². The Kier molecular flexibility index (Phi) is 4.80. The van der Waals surface area contributed by atoms with Gasteiger partial charge in [-0.3, -0.25) is 9.78 Å². The number of hydrogen-bond donors (Lipinski definition) is 2. The minimum absolute atomic E-state index is 0.0121. The summed E-state index contributed by atoms with van der Waals surface area (Å²) in [5.74, 6) is -2.94. The van der Waals surface area contributed by atoms with E-state index < -0.39 is 5.92 Å². The molecule has 0 atom stereocenters. The van der Waals surface area contributed by atoms with Gasteiger partial charge in [0.1, 0.15) is 5.69 Å². The highest BCUT2D eigenvalue weighted by Crippen LogP contribution is 2.31. The van der Waals surface area contributed by atoms with Crippen molar-refractivity contribution in [2.45, 2.75) is 57.0 Å². The molecule has 0 spiro atoms. The molecule has 1 amide bonds. The third-order valence-corrected chi connectivity index (χ3v) is 4.16. The predicted octanol–water partition coefficient (Wildman–Crippen LogP) is 2.38. The van der Waals surface area contributed by atoms with Gasteiger partial charge in [0.25, 0.3) is 5.92 Å². The Labute approximate surface area is 129 Å². The Bertz CT molecular complexity index is 519. The normalized spacial score (nSPS) is 24.7. The largest absolute Gasteiger partial charge is 0.351 e. The van der Waals surface area contributed by atoms with Crippen LogP contribution in [0.1, 0.15) is 44.4 Å². The number of aromatic nitrogens is 1. The van der Waals surface area contributed by atoms with E-state index in [0.717, 1.165) is 25.3 Å². The molecule has 22 heavy (non-hydrogen) atoms. The van der Waals surface area contributed by atoms with Crippen LogP contribution in [0.4, 0.5) is 8.78 Å². The first-order valence-electron chi connectivity index (χ1n) is 7.53. The van der Waals surface area contributed by atoms with E-state index in [0.29, 0.717) is 18.9 Å². The van der Waals surface area contributed by atoms with Crippen molar-refractivity contribution in [1.29, 1.82) is 0 Å². The minimum atomic E-state index is -2.93. The number of aryl methyl sites for hydroxylation is 1. The molecule has 1 fully saturated rings. The molecule has 2 rings (SSSR count). The summed E-state index contributed by atoms with van der Waals surface area (Å²) in [4.78, 5) is 15.7. The fourth-order valence-electron chi connectivity index (χ4n) is 2.82. The van der Waals surface area contributed by atoms with Crippen LogP contribution >= 0.6 is 0 Å². The lowest BCUT2D eigenvalue weighted by Gasteiger charge is -2.45. The smallest absolute Gasteiger partial charge is 0.286 e. The Morgan fingerprint density at radius 2 is 2.14 bits per heavy atom. The number of hydrogen-bond acceptors (Lipinski definition) is 3. The Morgan fingerprint density at radius 1 is 1.45 bits per heavy atom. The van der Waals surface area contributed by atoms with E-state index in [1.54, 1.807) is 6.07 Å². The Balaban J connectivity index is 1.79. The Morgan fingerprint density at radius 3 is 2.64 bits per heavy atom. The van der Waals surface area contributed by atoms with Crippen LogP contribution in [0.25, 0.3) is 0 Å². The van der Waals surface area contributed by atoms with Crippen molar-refractivity contribution < 1.29 is 13.6 Å². The second kappa shape index (κ2) is 6.28. The molecular weight excluding hydrogens is 288 g/mol. The lowest BCUT2D eigenvalue weighted by Crippen LogP contribution is -2.60. The molecule has 0 bridgehead atoms. The molecular formula is C16H23F2N3O. The van der Waals surface area contributed by atoms with E-state index in [1.165, 1.54) is 12.3 Å². The first kappa shape index (κ1) is 16.8. The quantitative estimate of drug-likeness (QED) is 0.848. The molecule has 1 saturated carbocycles. The SMILES string of the molecule is CNC1CC(C)(NC(=O)CCc2ccc(C(C)(F)F)nc2)C1. The number of amides is 1. The first-order chi connectivity index (χ1) is 10.2. The summed E-state index contributed by atoms with van der Waals surface area (Å²) < 4.78 is 26.1. The van der Waals surface area contributed by atoms with Gasteiger partial charge in [0.05, 0.1) is 0 Å². The maximum atomic E-state index is 13.1. The summed E-state index contributed by atoms with van der Waals surface area (Å²) in [5, 5.41) is 6.23. The van der Waals surface area contributed by atoms with Crippen molar-refractivity contribution in [2.75, 3.05) is 7.05 Å². The van der Waals surface area contributed by atoms with Crippen LogP contribution in [0.5, 0.6) is 0 Å². The van der Waals surface area contributed by atoms with Crippen LogP contribution in [-0.2, 0) is 17.1 Å². The van der Waals surface area contributed by atoms with E-state index in [2.05, 4.69) is 15.6 Å². The van der Waals surface area contributed by atoms with Gasteiger partial charge >= 0.3 is 0 Å². The summed E-state index contributed by atoms with van der Waals surface area (Å²) in [5.41, 5.74) is 0.410. The molecule has 1 aliphatic rings.